The molecule has 0 aromatic heterocycles. The first-order valence-electron chi connectivity index (χ1n) is 8.12. The molecule has 0 saturated heterocycles. The van der Waals surface area contributed by atoms with Gasteiger partial charge in [-0.3, -0.25) is 4.79 Å². The molecular formula is C18H28N2O. The molecule has 3 heteroatoms. The zero-order valence-corrected chi connectivity index (χ0v) is 13.8. The molecule has 3 nitrogen and oxygen atoms in total. The van der Waals surface area contributed by atoms with Gasteiger partial charge < -0.3 is 10.2 Å². The molecule has 1 N–H and O–H groups in total. The molecule has 0 bridgehead atoms. The van der Waals surface area contributed by atoms with E-state index in [2.05, 4.69) is 30.1 Å². The zero-order chi connectivity index (χ0) is 15.4. The van der Waals surface area contributed by atoms with Gasteiger partial charge in [0.15, 0.2) is 0 Å². The van der Waals surface area contributed by atoms with Gasteiger partial charge in [-0.1, -0.05) is 26.7 Å². The number of nitrogens with zero attached hydrogens (tertiary/aromatic N) is 1. The fraction of sp³-hybridized carbons (Fsp3) is 0.611. The van der Waals surface area contributed by atoms with E-state index in [9.17, 15) is 4.79 Å². The van der Waals surface area contributed by atoms with E-state index < -0.39 is 0 Å². The van der Waals surface area contributed by atoms with Crippen molar-refractivity contribution in [2.24, 2.45) is 5.92 Å². The minimum absolute atomic E-state index is 0.204. The van der Waals surface area contributed by atoms with Crippen molar-refractivity contribution >= 4 is 11.6 Å². The van der Waals surface area contributed by atoms with E-state index >= 15 is 0 Å². The first-order chi connectivity index (χ1) is 10.0. The molecule has 0 aliphatic heterocycles. The fourth-order valence-corrected chi connectivity index (χ4v) is 3.22. The summed E-state index contributed by atoms with van der Waals surface area (Å²) in [7, 11) is 1.90. The summed E-state index contributed by atoms with van der Waals surface area (Å²) in [6.07, 6.45) is 4.83. The minimum Gasteiger partial charge on any atom is -0.388 e. The number of hydrogen-bond acceptors (Lipinski definition) is 2. The number of hydrogen-bond donors (Lipinski definition) is 1. The molecule has 1 aliphatic rings. The van der Waals surface area contributed by atoms with E-state index in [0.29, 0.717) is 12.0 Å². The lowest BCUT2D eigenvalue weighted by atomic mass is 10.0. The summed E-state index contributed by atoms with van der Waals surface area (Å²) in [4.78, 5) is 15.1. The molecule has 1 amide bonds. The van der Waals surface area contributed by atoms with Crippen LogP contribution < -0.4 is 5.32 Å². The van der Waals surface area contributed by atoms with E-state index in [0.717, 1.165) is 36.2 Å². The Bertz CT molecular complexity index is 490. The summed E-state index contributed by atoms with van der Waals surface area (Å²) in [5.41, 5.74) is 2.96. The summed E-state index contributed by atoms with van der Waals surface area (Å²) in [5.74, 6) is 0.710. The van der Waals surface area contributed by atoms with Crippen molar-refractivity contribution in [3.05, 3.63) is 29.3 Å². The number of rotatable bonds is 5. The van der Waals surface area contributed by atoms with E-state index in [1.165, 1.54) is 12.8 Å². The molecule has 0 heterocycles. The molecule has 0 spiro atoms. The Balaban J connectivity index is 2.24. The van der Waals surface area contributed by atoms with Crippen LogP contribution in [0.15, 0.2) is 18.2 Å². The SMILES string of the molecule is CNc1ccc(C(=O)N(CC(C)C)C2CCCC2)c(C)c1. The fourth-order valence-electron chi connectivity index (χ4n) is 3.22. The highest BCUT2D eigenvalue weighted by Crippen LogP contribution is 2.27. The molecule has 1 fully saturated rings. The number of amides is 1. The lowest BCUT2D eigenvalue weighted by Gasteiger charge is -2.31. The van der Waals surface area contributed by atoms with Crippen LogP contribution in [0.3, 0.4) is 0 Å². The lowest BCUT2D eigenvalue weighted by molar-refractivity contribution is 0.0655. The number of nitrogens with one attached hydrogen (secondary N) is 1. The van der Waals surface area contributed by atoms with Crippen molar-refractivity contribution < 1.29 is 4.79 Å². The number of carbonyl (C=O) groups excluding carboxylic acids is 1. The molecule has 0 radical (unpaired) electrons. The van der Waals surface area contributed by atoms with Crippen LogP contribution in [0, 0.1) is 12.8 Å². The first-order valence-corrected chi connectivity index (χ1v) is 8.12. The molecule has 2 rings (SSSR count). The van der Waals surface area contributed by atoms with Gasteiger partial charge in [0.25, 0.3) is 5.91 Å². The second-order valence-corrected chi connectivity index (χ2v) is 6.57. The summed E-state index contributed by atoms with van der Waals surface area (Å²) in [5, 5.41) is 3.13. The largest absolute Gasteiger partial charge is 0.388 e. The van der Waals surface area contributed by atoms with Crippen molar-refractivity contribution in [3.63, 3.8) is 0 Å². The molecule has 21 heavy (non-hydrogen) atoms. The lowest BCUT2D eigenvalue weighted by Crippen LogP contribution is -2.41. The highest BCUT2D eigenvalue weighted by molar-refractivity contribution is 5.96. The average Bonchev–Trinajstić information content (AvgIpc) is 2.97. The normalized spacial score (nSPS) is 15.5. The van der Waals surface area contributed by atoms with Crippen molar-refractivity contribution in [1.29, 1.82) is 0 Å². The van der Waals surface area contributed by atoms with E-state index in [1.807, 2.05) is 26.1 Å². The van der Waals surface area contributed by atoms with Gasteiger partial charge in [-0.05, 0) is 49.4 Å². The van der Waals surface area contributed by atoms with Gasteiger partial charge in [0.05, 0.1) is 0 Å². The van der Waals surface area contributed by atoms with Crippen LogP contribution in [0.25, 0.3) is 0 Å². The van der Waals surface area contributed by atoms with Crippen molar-refractivity contribution in [1.82, 2.24) is 4.90 Å². The van der Waals surface area contributed by atoms with Crippen LogP contribution in [0.5, 0.6) is 0 Å². The number of benzene rings is 1. The van der Waals surface area contributed by atoms with Gasteiger partial charge in [0.1, 0.15) is 0 Å². The third-order valence-corrected chi connectivity index (χ3v) is 4.33. The summed E-state index contributed by atoms with van der Waals surface area (Å²) in [6.45, 7) is 7.26. The Morgan fingerprint density at radius 3 is 2.52 bits per heavy atom. The average molecular weight is 288 g/mol. The summed E-state index contributed by atoms with van der Waals surface area (Å²) < 4.78 is 0. The van der Waals surface area contributed by atoms with Crippen LogP contribution in [-0.4, -0.2) is 30.4 Å². The Labute approximate surface area is 128 Å². The van der Waals surface area contributed by atoms with Crippen LogP contribution in [0.4, 0.5) is 5.69 Å². The molecule has 0 atom stereocenters. The number of aryl methyl sites for hydroxylation is 1. The second kappa shape index (κ2) is 6.97. The minimum atomic E-state index is 0.204. The molecule has 1 aromatic rings. The Kier molecular flexibility index (Phi) is 5.27. The van der Waals surface area contributed by atoms with Crippen LogP contribution in [0.1, 0.15) is 55.5 Å². The van der Waals surface area contributed by atoms with E-state index in [1.54, 1.807) is 0 Å². The van der Waals surface area contributed by atoms with Crippen molar-refractivity contribution in [2.75, 3.05) is 18.9 Å². The molecule has 0 unspecified atom stereocenters. The van der Waals surface area contributed by atoms with Gasteiger partial charge in [-0.25, -0.2) is 0 Å². The van der Waals surface area contributed by atoms with E-state index in [4.69, 9.17) is 0 Å². The first kappa shape index (κ1) is 15.9. The van der Waals surface area contributed by atoms with Crippen LogP contribution in [-0.2, 0) is 0 Å². The maximum absolute atomic E-state index is 13.0. The topological polar surface area (TPSA) is 32.3 Å². The third kappa shape index (κ3) is 3.78. The molecule has 116 valence electrons. The predicted octanol–water partition coefficient (Wildman–Crippen LogP) is 4.08. The van der Waals surface area contributed by atoms with Gasteiger partial charge in [-0.2, -0.15) is 0 Å². The van der Waals surface area contributed by atoms with Crippen LogP contribution >= 0.6 is 0 Å². The standard InChI is InChI=1S/C18H28N2O/c1-13(2)12-20(16-7-5-6-8-16)18(21)17-10-9-15(19-4)11-14(17)3/h9-11,13,16,19H,5-8,12H2,1-4H3. The second-order valence-electron chi connectivity index (χ2n) is 6.57. The molecular weight excluding hydrogens is 260 g/mol. The number of carbonyl (C=O) groups is 1. The predicted molar refractivity (Wildman–Crippen MR) is 88.9 cm³/mol. The Morgan fingerprint density at radius 2 is 2.00 bits per heavy atom. The molecule has 1 aliphatic carbocycles. The Hall–Kier alpha value is -1.51. The summed E-state index contributed by atoms with van der Waals surface area (Å²) >= 11 is 0. The van der Waals surface area contributed by atoms with Gasteiger partial charge in [0.2, 0.25) is 0 Å². The van der Waals surface area contributed by atoms with Gasteiger partial charge in [-0.15, -0.1) is 0 Å². The molecule has 1 aromatic carbocycles. The number of anilines is 1. The zero-order valence-electron chi connectivity index (χ0n) is 13.8. The maximum atomic E-state index is 13.0. The maximum Gasteiger partial charge on any atom is 0.254 e. The smallest absolute Gasteiger partial charge is 0.254 e. The highest BCUT2D eigenvalue weighted by atomic mass is 16.2. The van der Waals surface area contributed by atoms with Crippen LogP contribution in [0.2, 0.25) is 0 Å². The Morgan fingerprint density at radius 1 is 1.33 bits per heavy atom. The van der Waals surface area contributed by atoms with Crippen molar-refractivity contribution in [2.45, 2.75) is 52.5 Å². The van der Waals surface area contributed by atoms with E-state index in [-0.39, 0.29) is 5.91 Å². The quantitative estimate of drug-likeness (QED) is 0.885. The van der Waals surface area contributed by atoms with Gasteiger partial charge in [0, 0.05) is 30.9 Å². The van der Waals surface area contributed by atoms with Crippen molar-refractivity contribution in [3.8, 4) is 0 Å². The highest BCUT2D eigenvalue weighted by Gasteiger charge is 2.28. The molecule has 1 saturated carbocycles. The third-order valence-electron chi connectivity index (χ3n) is 4.33. The summed E-state index contributed by atoms with van der Waals surface area (Å²) in [6, 6.07) is 6.44. The monoisotopic (exact) mass is 288 g/mol. The van der Waals surface area contributed by atoms with Gasteiger partial charge >= 0.3 is 0 Å².